The third-order valence-corrected chi connectivity index (χ3v) is 3.06. The van der Waals surface area contributed by atoms with Crippen molar-refractivity contribution in [3.05, 3.63) is 48.0 Å². The Kier molecular flexibility index (Phi) is 6.13. The fourth-order valence-electron chi connectivity index (χ4n) is 2.05. The van der Waals surface area contributed by atoms with Gasteiger partial charge in [-0.1, -0.05) is 18.2 Å². The molecule has 0 radical (unpaired) electrons. The molecule has 0 amide bonds. The van der Waals surface area contributed by atoms with Crippen LogP contribution in [0.5, 0.6) is 23.0 Å². The number of benzene rings is 2. The average Bonchev–Trinajstić information content (AvgIpc) is 2.60. The summed E-state index contributed by atoms with van der Waals surface area (Å²) in [5.74, 6) is 2.32. The number of nitrogens with zero attached hydrogens (tertiary/aromatic N) is 1. The zero-order valence-electron chi connectivity index (χ0n) is 13.2. The smallest absolute Gasteiger partial charge is 0.179 e. The maximum Gasteiger partial charge on any atom is 0.179 e. The van der Waals surface area contributed by atoms with Crippen LogP contribution in [-0.4, -0.2) is 26.9 Å². The summed E-state index contributed by atoms with van der Waals surface area (Å²) in [5.41, 5.74) is 0.430. The van der Waals surface area contributed by atoms with E-state index in [9.17, 15) is 0 Å². The standard InChI is InChI=1S/C18H19NO4/c1-3-21-15-8-4-5-9-16(15)22-11-12-23-18-14(13-19)7-6-10-17(18)20-2/h4-10H,3,11-12H2,1-2H3. The lowest BCUT2D eigenvalue weighted by molar-refractivity contribution is 0.203. The first-order valence-corrected chi connectivity index (χ1v) is 7.34. The average molecular weight is 313 g/mol. The Labute approximate surface area is 136 Å². The molecular weight excluding hydrogens is 294 g/mol. The molecule has 0 fully saturated rings. The van der Waals surface area contributed by atoms with E-state index in [1.54, 1.807) is 18.2 Å². The number of hydrogen-bond acceptors (Lipinski definition) is 5. The first kappa shape index (κ1) is 16.5. The van der Waals surface area contributed by atoms with Gasteiger partial charge in [0.25, 0.3) is 0 Å². The molecule has 5 heteroatoms. The Hall–Kier alpha value is -2.87. The van der Waals surface area contributed by atoms with Crippen LogP contribution in [-0.2, 0) is 0 Å². The van der Waals surface area contributed by atoms with Crippen LogP contribution in [0.4, 0.5) is 0 Å². The molecule has 0 aliphatic heterocycles. The molecule has 0 N–H and O–H groups in total. The second-order valence-electron chi connectivity index (χ2n) is 4.53. The highest BCUT2D eigenvalue weighted by Crippen LogP contribution is 2.30. The normalized spacial score (nSPS) is 9.78. The summed E-state index contributed by atoms with van der Waals surface area (Å²) in [5, 5.41) is 9.14. The highest BCUT2D eigenvalue weighted by molar-refractivity contribution is 5.52. The zero-order chi connectivity index (χ0) is 16.5. The minimum atomic E-state index is 0.287. The van der Waals surface area contributed by atoms with E-state index in [1.807, 2.05) is 31.2 Å². The van der Waals surface area contributed by atoms with Crippen molar-refractivity contribution < 1.29 is 18.9 Å². The summed E-state index contributed by atoms with van der Waals surface area (Å²) < 4.78 is 22.1. The van der Waals surface area contributed by atoms with Crippen LogP contribution in [0.3, 0.4) is 0 Å². The minimum absolute atomic E-state index is 0.287. The van der Waals surface area contributed by atoms with E-state index in [1.165, 1.54) is 7.11 Å². The van der Waals surface area contributed by atoms with Crippen molar-refractivity contribution in [1.29, 1.82) is 5.26 Å². The molecule has 0 saturated heterocycles. The van der Waals surface area contributed by atoms with Gasteiger partial charge in [-0.15, -0.1) is 0 Å². The second kappa shape index (κ2) is 8.54. The topological polar surface area (TPSA) is 60.7 Å². The molecule has 0 aliphatic rings. The van der Waals surface area contributed by atoms with Crippen LogP contribution in [0.15, 0.2) is 42.5 Å². The number of nitriles is 1. The zero-order valence-corrected chi connectivity index (χ0v) is 13.2. The first-order valence-electron chi connectivity index (χ1n) is 7.34. The third kappa shape index (κ3) is 4.30. The van der Waals surface area contributed by atoms with Gasteiger partial charge in [0.05, 0.1) is 19.3 Å². The Morgan fingerprint density at radius 3 is 2.17 bits per heavy atom. The maximum atomic E-state index is 9.14. The molecule has 5 nitrogen and oxygen atoms in total. The molecule has 0 spiro atoms. The van der Waals surface area contributed by atoms with Crippen molar-refractivity contribution in [3.8, 4) is 29.1 Å². The molecule has 120 valence electrons. The summed E-state index contributed by atoms with van der Waals surface area (Å²) in [6, 6.07) is 14.7. The monoisotopic (exact) mass is 313 g/mol. The summed E-state index contributed by atoms with van der Waals surface area (Å²) in [6.45, 7) is 3.11. The second-order valence-corrected chi connectivity index (χ2v) is 4.53. The van der Waals surface area contributed by atoms with Gasteiger partial charge in [-0.05, 0) is 31.2 Å². The molecule has 0 unspecified atom stereocenters. The number of ether oxygens (including phenoxy) is 4. The summed E-state index contributed by atoms with van der Waals surface area (Å²) >= 11 is 0. The fraction of sp³-hybridized carbons (Fsp3) is 0.278. The van der Waals surface area contributed by atoms with Gasteiger partial charge in [0.1, 0.15) is 19.3 Å². The Balaban J connectivity index is 1.95. The molecule has 0 atom stereocenters. The van der Waals surface area contributed by atoms with Crippen molar-refractivity contribution >= 4 is 0 Å². The van der Waals surface area contributed by atoms with Crippen molar-refractivity contribution in [1.82, 2.24) is 0 Å². The maximum absolute atomic E-state index is 9.14. The number of methoxy groups -OCH3 is 1. The van der Waals surface area contributed by atoms with E-state index >= 15 is 0 Å². The van der Waals surface area contributed by atoms with Gasteiger partial charge in [0.2, 0.25) is 0 Å². The number of para-hydroxylation sites is 3. The Morgan fingerprint density at radius 2 is 1.52 bits per heavy atom. The Morgan fingerprint density at radius 1 is 0.870 bits per heavy atom. The molecule has 0 bridgehead atoms. The van der Waals surface area contributed by atoms with Gasteiger partial charge >= 0.3 is 0 Å². The lowest BCUT2D eigenvalue weighted by Crippen LogP contribution is -2.11. The van der Waals surface area contributed by atoms with Crippen LogP contribution in [0.1, 0.15) is 12.5 Å². The molecule has 2 aromatic rings. The first-order chi connectivity index (χ1) is 11.3. The number of rotatable bonds is 8. The molecule has 23 heavy (non-hydrogen) atoms. The van der Waals surface area contributed by atoms with E-state index in [0.29, 0.717) is 41.8 Å². The lowest BCUT2D eigenvalue weighted by atomic mass is 10.2. The van der Waals surface area contributed by atoms with Gasteiger partial charge in [0, 0.05) is 0 Å². The quantitative estimate of drug-likeness (QED) is 0.699. The van der Waals surface area contributed by atoms with Crippen molar-refractivity contribution in [2.24, 2.45) is 0 Å². The van der Waals surface area contributed by atoms with Gasteiger partial charge in [-0.3, -0.25) is 0 Å². The predicted molar refractivity (Wildman–Crippen MR) is 86.3 cm³/mol. The molecule has 2 aromatic carbocycles. The number of hydrogen-bond donors (Lipinski definition) is 0. The van der Waals surface area contributed by atoms with Crippen molar-refractivity contribution in [3.63, 3.8) is 0 Å². The molecular formula is C18H19NO4. The minimum Gasteiger partial charge on any atom is -0.493 e. The third-order valence-electron chi connectivity index (χ3n) is 3.06. The molecule has 2 rings (SSSR count). The summed E-state index contributed by atoms with van der Waals surface area (Å²) in [7, 11) is 1.54. The highest BCUT2D eigenvalue weighted by atomic mass is 16.5. The SMILES string of the molecule is CCOc1ccccc1OCCOc1c(C#N)cccc1OC. The van der Waals surface area contributed by atoms with E-state index in [4.69, 9.17) is 24.2 Å². The molecule has 0 aromatic heterocycles. The van der Waals surface area contributed by atoms with E-state index in [2.05, 4.69) is 6.07 Å². The van der Waals surface area contributed by atoms with Crippen LogP contribution in [0.2, 0.25) is 0 Å². The van der Waals surface area contributed by atoms with Gasteiger partial charge in [-0.2, -0.15) is 5.26 Å². The van der Waals surface area contributed by atoms with Gasteiger partial charge in [0.15, 0.2) is 23.0 Å². The van der Waals surface area contributed by atoms with E-state index < -0.39 is 0 Å². The summed E-state index contributed by atoms with van der Waals surface area (Å²) in [4.78, 5) is 0. The molecule has 0 aliphatic carbocycles. The van der Waals surface area contributed by atoms with Gasteiger partial charge in [-0.25, -0.2) is 0 Å². The summed E-state index contributed by atoms with van der Waals surface area (Å²) in [6.07, 6.45) is 0. The van der Waals surface area contributed by atoms with Gasteiger partial charge < -0.3 is 18.9 Å². The van der Waals surface area contributed by atoms with Crippen LogP contribution in [0.25, 0.3) is 0 Å². The fourth-order valence-corrected chi connectivity index (χ4v) is 2.05. The van der Waals surface area contributed by atoms with Crippen LogP contribution >= 0.6 is 0 Å². The Bertz CT molecular complexity index is 679. The molecule has 0 saturated carbocycles. The van der Waals surface area contributed by atoms with Crippen LogP contribution in [0, 0.1) is 11.3 Å². The lowest BCUT2D eigenvalue weighted by Gasteiger charge is -2.14. The van der Waals surface area contributed by atoms with E-state index in [-0.39, 0.29) is 6.61 Å². The van der Waals surface area contributed by atoms with Crippen molar-refractivity contribution in [2.75, 3.05) is 26.9 Å². The van der Waals surface area contributed by atoms with E-state index in [0.717, 1.165) is 0 Å². The highest BCUT2D eigenvalue weighted by Gasteiger charge is 2.10. The largest absolute Gasteiger partial charge is 0.493 e. The predicted octanol–water partition coefficient (Wildman–Crippen LogP) is 3.42. The molecule has 0 heterocycles. The van der Waals surface area contributed by atoms with Crippen LogP contribution < -0.4 is 18.9 Å². The van der Waals surface area contributed by atoms with Crippen molar-refractivity contribution in [2.45, 2.75) is 6.92 Å².